The highest BCUT2D eigenvalue weighted by Gasteiger charge is 2.05. The van der Waals surface area contributed by atoms with Crippen LogP contribution in [0.25, 0.3) is 11.3 Å². The molecule has 0 saturated carbocycles. The number of hydrogen-bond donors (Lipinski definition) is 1. The van der Waals surface area contributed by atoms with Gasteiger partial charge < -0.3 is 5.73 Å². The van der Waals surface area contributed by atoms with Crippen molar-refractivity contribution in [3.63, 3.8) is 0 Å². The van der Waals surface area contributed by atoms with Crippen molar-refractivity contribution in [3.05, 3.63) is 35.2 Å². The van der Waals surface area contributed by atoms with Gasteiger partial charge in [-0.15, -0.1) is 11.3 Å². The zero-order valence-electron chi connectivity index (χ0n) is 8.27. The number of nitrogen functional groups attached to an aromatic ring is 1. The Morgan fingerprint density at radius 3 is 2.47 bits per heavy atom. The lowest BCUT2D eigenvalue weighted by Crippen LogP contribution is -1.86. The Labute approximate surface area is 91.6 Å². The quantitative estimate of drug-likeness (QED) is 0.845. The first kappa shape index (κ1) is 10.1. The molecular formula is C11H11FN2S. The minimum atomic E-state index is -0.931. The molecule has 2 aromatic rings. The van der Waals surface area contributed by atoms with E-state index in [1.165, 1.54) is 18.3 Å². The van der Waals surface area contributed by atoms with Crippen LogP contribution in [-0.2, 0) is 0 Å². The number of benzene rings is 1. The maximum Gasteiger partial charge on any atom is 0.180 e. The highest BCUT2D eigenvalue weighted by Crippen LogP contribution is 2.25. The summed E-state index contributed by atoms with van der Waals surface area (Å²) in [4.78, 5) is 4.16. The topological polar surface area (TPSA) is 38.9 Å². The lowest BCUT2D eigenvalue weighted by atomic mass is 10.1. The maximum atomic E-state index is 12.9. The van der Waals surface area contributed by atoms with Crippen molar-refractivity contribution in [2.45, 2.75) is 13.1 Å². The number of alkyl halides is 1. The zero-order valence-corrected chi connectivity index (χ0v) is 9.09. The van der Waals surface area contributed by atoms with Gasteiger partial charge in [-0.05, 0) is 12.5 Å². The Balaban J connectivity index is 2.31. The number of nitrogens with zero attached hydrogens (tertiary/aromatic N) is 1. The summed E-state index contributed by atoms with van der Waals surface area (Å²) in [5.41, 5.74) is 8.03. The maximum absolute atomic E-state index is 12.9. The summed E-state index contributed by atoms with van der Waals surface area (Å²) in [7, 11) is 0. The molecule has 0 aliphatic carbocycles. The fraction of sp³-hybridized carbons (Fsp3) is 0.182. The molecule has 0 saturated heterocycles. The van der Waals surface area contributed by atoms with Crippen LogP contribution >= 0.6 is 11.3 Å². The number of rotatable bonds is 2. The second kappa shape index (κ2) is 3.98. The molecule has 2 nitrogen and oxygen atoms in total. The molecule has 78 valence electrons. The summed E-state index contributed by atoms with van der Waals surface area (Å²) in [6.07, 6.45) is -0.931. The number of hydrogen-bond acceptors (Lipinski definition) is 3. The first-order valence-corrected chi connectivity index (χ1v) is 5.50. The highest BCUT2D eigenvalue weighted by atomic mass is 32.1. The molecule has 0 fully saturated rings. The van der Waals surface area contributed by atoms with Crippen molar-refractivity contribution < 1.29 is 4.39 Å². The van der Waals surface area contributed by atoms with Gasteiger partial charge in [0.15, 0.2) is 5.13 Å². The van der Waals surface area contributed by atoms with E-state index in [9.17, 15) is 4.39 Å². The smallest absolute Gasteiger partial charge is 0.180 e. The normalized spacial score (nSPS) is 12.7. The fourth-order valence-electron chi connectivity index (χ4n) is 1.34. The van der Waals surface area contributed by atoms with Crippen LogP contribution in [0.3, 0.4) is 0 Å². The predicted molar refractivity (Wildman–Crippen MR) is 61.5 cm³/mol. The molecule has 0 amide bonds. The standard InChI is InChI=1S/C11H11FN2S/c1-7(12)8-2-4-9(5-3-8)10-6-15-11(13)14-10/h2-7H,1H3,(H2,13,14). The van der Waals surface area contributed by atoms with Gasteiger partial charge in [0.25, 0.3) is 0 Å². The number of halogens is 1. The van der Waals surface area contributed by atoms with Gasteiger partial charge >= 0.3 is 0 Å². The van der Waals surface area contributed by atoms with Gasteiger partial charge in [-0.2, -0.15) is 0 Å². The number of thiazole rings is 1. The van der Waals surface area contributed by atoms with Crippen LogP contribution in [0.15, 0.2) is 29.6 Å². The molecule has 2 N–H and O–H groups in total. The van der Waals surface area contributed by atoms with Crippen molar-refractivity contribution in [2.24, 2.45) is 0 Å². The van der Waals surface area contributed by atoms with Crippen LogP contribution in [-0.4, -0.2) is 4.98 Å². The van der Waals surface area contributed by atoms with Crippen LogP contribution in [0.5, 0.6) is 0 Å². The Kier molecular flexibility index (Phi) is 2.68. The molecule has 1 unspecified atom stereocenters. The molecule has 0 radical (unpaired) electrons. The lowest BCUT2D eigenvalue weighted by molar-refractivity contribution is 0.374. The van der Waals surface area contributed by atoms with Gasteiger partial charge in [0.1, 0.15) is 6.17 Å². The van der Waals surface area contributed by atoms with E-state index in [4.69, 9.17) is 5.73 Å². The molecule has 0 bridgehead atoms. The van der Waals surface area contributed by atoms with E-state index >= 15 is 0 Å². The highest BCUT2D eigenvalue weighted by molar-refractivity contribution is 7.13. The average molecular weight is 222 g/mol. The summed E-state index contributed by atoms with van der Waals surface area (Å²) < 4.78 is 12.9. The van der Waals surface area contributed by atoms with E-state index in [0.29, 0.717) is 10.7 Å². The number of anilines is 1. The van der Waals surface area contributed by atoms with Gasteiger partial charge in [0.2, 0.25) is 0 Å². The molecule has 0 aliphatic rings. The Morgan fingerprint density at radius 1 is 1.33 bits per heavy atom. The lowest BCUT2D eigenvalue weighted by Gasteiger charge is -2.02. The SMILES string of the molecule is CC(F)c1ccc(-c2csc(N)n2)cc1. The Morgan fingerprint density at radius 2 is 2.00 bits per heavy atom. The molecule has 1 aromatic heterocycles. The number of aromatic nitrogens is 1. The third kappa shape index (κ3) is 2.15. The molecular weight excluding hydrogens is 211 g/mol. The summed E-state index contributed by atoms with van der Waals surface area (Å²) in [6.45, 7) is 1.52. The van der Waals surface area contributed by atoms with Crippen molar-refractivity contribution in [3.8, 4) is 11.3 Å². The molecule has 1 heterocycles. The number of nitrogens with two attached hydrogens (primary N) is 1. The minimum Gasteiger partial charge on any atom is -0.375 e. The van der Waals surface area contributed by atoms with Gasteiger partial charge in [-0.25, -0.2) is 9.37 Å². The second-order valence-electron chi connectivity index (χ2n) is 3.31. The van der Waals surface area contributed by atoms with Crippen molar-refractivity contribution >= 4 is 16.5 Å². The predicted octanol–water partition coefficient (Wildman–Crippen LogP) is 3.42. The van der Waals surface area contributed by atoms with Crippen LogP contribution < -0.4 is 5.73 Å². The monoisotopic (exact) mass is 222 g/mol. The summed E-state index contributed by atoms with van der Waals surface area (Å²) in [5, 5.41) is 2.44. The van der Waals surface area contributed by atoms with Gasteiger partial charge in [0.05, 0.1) is 5.69 Å². The Hall–Kier alpha value is -1.42. The van der Waals surface area contributed by atoms with Crippen LogP contribution in [0, 0.1) is 0 Å². The largest absolute Gasteiger partial charge is 0.375 e. The Bertz CT molecular complexity index is 448. The van der Waals surface area contributed by atoms with Crippen molar-refractivity contribution in [1.29, 1.82) is 0 Å². The van der Waals surface area contributed by atoms with E-state index in [1.807, 2.05) is 17.5 Å². The van der Waals surface area contributed by atoms with Crippen molar-refractivity contribution in [2.75, 3.05) is 5.73 Å². The first-order chi connectivity index (χ1) is 7.16. The third-order valence-electron chi connectivity index (χ3n) is 2.19. The summed E-state index contributed by atoms with van der Waals surface area (Å²) in [5.74, 6) is 0. The molecule has 2 rings (SSSR count). The zero-order chi connectivity index (χ0) is 10.8. The van der Waals surface area contributed by atoms with Crippen molar-refractivity contribution in [1.82, 2.24) is 4.98 Å². The van der Waals surface area contributed by atoms with E-state index in [0.717, 1.165) is 11.3 Å². The molecule has 15 heavy (non-hydrogen) atoms. The van der Waals surface area contributed by atoms with Gasteiger partial charge in [0, 0.05) is 10.9 Å². The third-order valence-corrected chi connectivity index (χ3v) is 2.86. The minimum absolute atomic E-state index is 0.549. The first-order valence-electron chi connectivity index (χ1n) is 4.62. The average Bonchev–Trinajstić information content (AvgIpc) is 2.65. The van der Waals surface area contributed by atoms with Gasteiger partial charge in [-0.1, -0.05) is 24.3 Å². The molecule has 0 spiro atoms. The van der Waals surface area contributed by atoms with E-state index in [1.54, 1.807) is 12.1 Å². The van der Waals surface area contributed by atoms with Crippen LogP contribution in [0.2, 0.25) is 0 Å². The van der Waals surface area contributed by atoms with E-state index in [-0.39, 0.29) is 0 Å². The molecule has 0 aliphatic heterocycles. The summed E-state index contributed by atoms with van der Waals surface area (Å²) >= 11 is 1.40. The molecule has 1 atom stereocenters. The summed E-state index contributed by atoms with van der Waals surface area (Å²) in [6, 6.07) is 7.27. The molecule has 1 aromatic carbocycles. The van der Waals surface area contributed by atoms with Gasteiger partial charge in [-0.3, -0.25) is 0 Å². The van der Waals surface area contributed by atoms with Crippen LogP contribution in [0.4, 0.5) is 9.52 Å². The second-order valence-corrected chi connectivity index (χ2v) is 4.20. The van der Waals surface area contributed by atoms with Crippen LogP contribution in [0.1, 0.15) is 18.7 Å². The van der Waals surface area contributed by atoms with E-state index in [2.05, 4.69) is 4.98 Å². The molecule has 4 heteroatoms. The van der Waals surface area contributed by atoms with E-state index < -0.39 is 6.17 Å². The fourth-order valence-corrected chi connectivity index (χ4v) is 1.91.